The fourth-order valence-electron chi connectivity index (χ4n) is 9.21. The second-order valence-corrected chi connectivity index (χ2v) is 24.9. The van der Waals surface area contributed by atoms with Crippen LogP contribution in [0.25, 0.3) is 0 Å². The Morgan fingerprint density at radius 1 is 0.378 bits per heavy atom. The first-order chi connectivity index (χ1) is 40.0. The minimum Gasteiger partial charge on any atom is -0.462 e. The summed E-state index contributed by atoms with van der Waals surface area (Å²) in [6.45, 7) is 4.23. The Morgan fingerprint density at radius 3 is 0.976 bits per heavy atom. The van der Waals surface area contributed by atoms with Crippen LogP contribution < -0.4 is 0 Å². The first kappa shape index (κ1) is 78.7. The molecular formula is C72H127NO8P+. The molecule has 0 heterocycles. The maximum atomic E-state index is 12.9. The van der Waals surface area contributed by atoms with Gasteiger partial charge in [0.05, 0.1) is 27.7 Å². The molecule has 0 fully saturated rings. The first-order valence-corrected chi connectivity index (χ1v) is 35.1. The average Bonchev–Trinajstić information content (AvgIpc) is 3.45. The van der Waals surface area contributed by atoms with Gasteiger partial charge >= 0.3 is 19.8 Å². The van der Waals surface area contributed by atoms with E-state index in [1.165, 1.54) is 154 Å². The Morgan fingerprint density at radius 2 is 0.659 bits per heavy atom. The summed E-state index contributed by atoms with van der Waals surface area (Å²) in [4.78, 5) is 35.9. The Labute approximate surface area is 506 Å². The largest absolute Gasteiger partial charge is 0.472 e. The molecule has 0 amide bonds. The third-order valence-electron chi connectivity index (χ3n) is 14.3. The van der Waals surface area contributed by atoms with Gasteiger partial charge in [0.15, 0.2) is 6.10 Å². The molecule has 0 saturated carbocycles. The number of quaternary nitrogens is 1. The Kier molecular flexibility index (Phi) is 59.7. The summed E-state index contributed by atoms with van der Waals surface area (Å²) in [5.41, 5.74) is 0. The number of phosphoric acid groups is 1. The monoisotopic (exact) mass is 1160 g/mol. The van der Waals surface area contributed by atoms with Gasteiger partial charge in [0.1, 0.15) is 19.8 Å². The number of nitrogens with zero attached hydrogens (tertiary/aromatic N) is 1. The van der Waals surface area contributed by atoms with E-state index in [9.17, 15) is 19.0 Å². The second-order valence-electron chi connectivity index (χ2n) is 23.4. The number of allylic oxidation sites excluding steroid dienone is 18. The summed E-state index contributed by atoms with van der Waals surface area (Å²) < 4.78 is 34.7. The summed E-state index contributed by atoms with van der Waals surface area (Å²) in [5.74, 6) is -0.794. The van der Waals surface area contributed by atoms with Crippen molar-refractivity contribution >= 4 is 19.8 Å². The number of carbonyl (C=O) groups is 2. The quantitative estimate of drug-likeness (QED) is 0.0211. The van der Waals surface area contributed by atoms with E-state index in [4.69, 9.17) is 18.5 Å². The van der Waals surface area contributed by atoms with E-state index in [0.717, 1.165) is 96.3 Å². The lowest BCUT2D eigenvalue weighted by atomic mass is 10.0. The minimum absolute atomic E-state index is 0.0283. The molecule has 82 heavy (non-hydrogen) atoms. The van der Waals surface area contributed by atoms with Crippen LogP contribution in [-0.4, -0.2) is 74.9 Å². The Bertz CT molecular complexity index is 1750. The molecule has 0 radical (unpaired) electrons. The lowest BCUT2D eigenvalue weighted by Gasteiger charge is -2.24. The van der Waals surface area contributed by atoms with Crippen LogP contribution in [0.3, 0.4) is 0 Å². The van der Waals surface area contributed by atoms with Crippen LogP contribution in [0.5, 0.6) is 0 Å². The molecule has 0 aromatic carbocycles. The average molecular weight is 1170 g/mol. The lowest BCUT2D eigenvalue weighted by Crippen LogP contribution is -2.37. The number of unbranched alkanes of at least 4 members (excludes halogenated alkanes) is 29. The van der Waals surface area contributed by atoms with Crippen LogP contribution >= 0.6 is 7.82 Å². The van der Waals surface area contributed by atoms with Crippen LogP contribution in [-0.2, 0) is 32.7 Å². The highest BCUT2D eigenvalue weighted by Gasteiger charge is 2.27. The number of hydrogen-bond acceptors (Lipinski definition) is 7. The van der Waals surface area contributed by atoms with Crippen molar-refractivity contribution < 1.29 is 42.1 Å². The van der Waals surface area contributed by atoms with E-state index >= 15 is 0 Å². The van der Waals surface area contributed by atoms with E-state index in [1.54, 1.807) is 0 Å². The highest BCUT2D eigenvalue weighted by molar-refractivity contribution is 7.47. The Balaban J connectivity index is 4.07. The van der Waals surface area contributed by atoms with Crippen LogP contribution in [0.15, 0.2) is 109 Å². The van der Waals surface area contributed by atoms with Crippen LogP contribution in [0.4, 0.5) is 0 Å². The SMILES string of the molecule is CC/C=C\C/C=C\C/C=C\C/C=C\C/C=C\CCCCCCCCCCCCCCCC(=O)OC(COC(=O)CCCCCCCCCCCCCCCCCC/C=C\C/C=C\C/C=C\C/C=C\CC)COP(=O)(O)OCC[N+](C)(C)C. The van der Waals surface area contributed by atoms with Crippen molar-refractivity contribution in [1.29, 1.82) is 0 Å². The van der Waals surface area contributed by atoms with Gasteiger partial charge in [-0.1, -0.05) is 284 Å². The standard InChI is InChI=1S/C72H126NO8P/c1-6-8-10-12-14-16-18-20-22-24-26-28-30-32-34-36-38-40-42-44-46-48-50-52-54-56-58-60-62-64-71(74)78-68-70(69-80-82(76,77)79-67-66-73(3,4)5)81-72(75)65-63-61-59-57-55-53-51-49-47-45-43-41-39-37-35-33-31-29-27-25-23-21-19-17-15-13-11-9-7-2/h8-11,14-17,20-23,26-29,33,35,70H,6-7,12-13,18-19,24-25,30-32,34,36-69H2,1-5H3/p+1/b10-8-,11-9-,16-14-,17-15-,22-20-,23-21-,28-26-,29-27-,35-33-. The van der Waals surface area contributed by atoms with E-state index in [0.29, 0.717) is 17.4 Å². The van der Waals surface area contributed by atoms with E-state index in [2.05, 4.69) is 123 Å². The lowest BCUT2D eigenvalue weighted by molar-refractivity contribution is -0.870. The number of ether oxygens (including phenoxy) is 2. The molecule has 1 N–H and O–H groups in total. The summed E-state index contributed by atoms with van der Waals surface area (Å²) in [6, 6.07) is 0. The van der Waals surface area contributed by atoms with Gasteiger partial charge in [0.2, 0.25) is 0 Å². The van der Waals surface area contributed by atoms with E-state index < -0.39 is 26.5 Å². The van der Waals surface area contributed by atoms with Gasteiger partial charge in [0, 0.05) is 12.8 Å². The van der Waals surface area contributed by atoms with Crippen molar-refractivity contribution in [2.45, 2.75) is 290 Å². The van der Waals surface area contributed by atoms with Crippen molar-refractivity contribution in [3.05, 3.63) is 109 Å². The summed E-state index contributed by atoms with van der Waals surface area (Å²) in [5, 5.41) is 0. The van der Waals surface area contributed by atoms with Crippen molar-refractivity contribution in [1.82, 2.24) is 0 Å². The molecule has 10 heteroatoms. The molecular weight excluding hydrogens is 1040 g/mol. The number of esters is 2. The number of phosphoric ester groups is 1. The number of rotatable bonds is 61. The third-order valence-corrected chi connectivity index (χ3v) is 15.3. The summed E-state index contributed by atoms with van der Waals surface area (Å²) in [7, 11) is 1.47. The van der Waals surface area contributed by atoms with Crippen molar-refractivity contribution in [3.8, 4) is 0 Å². The smallest absolute Gasteiger partial charge is 0.462 e. The molecule has 9 nitrogen and oxygen atoms in total. The minimum atomic E-state index is -4.40. The van der Waals surface area contributed by atoms with E-state index in [-0.39, 0.29) is 32.0 Å². The summed E-state index contributed by atoms with van der Waals surface area (Å²) in [6.07, 6.45) is 87.5. The Hall–Kier alpha value is -3.33. The molecule has 0 spiro atoms. The molecule has 0 aliphatic carbocycles. The fourth-order valence-corrected chi connectivity index (χ4v) is 9.95. The predicted molar refractivity (Wildman–Crippen MR) is 353 cm³/mol. The molecule has 2 atom stereocenters. The molecule has 0 aliphatic heterocycles. The van der Waals surface area contributed by atoms with Crippen molar-refractivity contribution in [2.24, 2.45) is 0 Å². The third kappa shape index (κ3) is 65.8. The summed E-state index contributed by atoms with van der Waals surface area (Å²) >= 11 is 0. The second kappa shape index (κ2) is 62.2. The van der Waals surface area contributed by atoms with Gasteiger partial charge < -0.3 is 18.9 Å². The molecule has 0 saturated heterocycles. The highest BCUT2D eigenvalue weighted by Crippen LogP contribution is 2.43. The molecule has 0 aliphatic rings. The van der Waals surface area contributed by atoms with Crippen LogP contribution in [0.2, 0.25) is 0 Å². The fraction of sp³-hybridized carbons (Fsp3) is 0.722. The van der Waals surface area contributed by atoms with Gasteiger partial charge in [0.25, 0.3) is 0 Å². The zero-order valence-electron chi connectivity index (χ0n) is 53.7. The van der Waals surface area contributed by atoms with Gasteiger partial charge in [-0.25, -0.2) is 4.57 Å². The van der Waals surface area contributed by atoms with Gasteiger partial charge in [-0.2, -0.15) is 0 Å². The molecule has 0 bridgehead atoms. The van der Waals surface area contributed by atoms with Crippen molar-refractivity contribution in [2.75, 3.05) is 47.5 Å². The molecule has 0 aromatic heterocycles. The zero-order chi connectivity index (χ0) is 59.8. The topological polar surface area (TPSA) is 108 Å². The number of hydrogen-bond donors (Lipinski definition) is 1. The number of likely N-dealkylation sites (N-methyl/N-ethyl adjacent to an activating group) is 1. The molecule has 0 aromatic rings. The van der Waals surface area contributed by atoms with E-state index in [1.807, 2.05) is 21.1 Å². The molecule has 2 unspecified atom stereocenters. The number of carbonyl (C=O) groups excluding carboxylic acids is 2. The van der Waals surface area contributed by atoms with Gasteiger partial charge in [-0.3, -0.25) is 18.6 Å². The first-order valence-electron chi connectivity index (χ1n) is 33.6. The van der Waals surface area contributed by atoms with Gasteiger partial charge in [-0.15, -0.1) is 0 Å². The molecule has 472 valence electrons. The highest BCUT2D eigenvalue weighted by atomic mass is 31.2. The molecule has 0 rings (SSSR count). The predicted octanol–water partition coefficient (Wildman–Crippen LogP) is 21.7. The maximum absolute atomic E-state index is 12.9. The van der Waals surface area contributed by atoms with Crippen molar-refractivity contribution in [3.63, 3.8) is 0 Å². The maximum Gasteiger partial charge on any atom is 0.472 e. The normalized spacial score (nSPS) is 13.9. The van der Waals surface area contributed by atoms with Gasteiger partial charge in [-0.05, 0) is 96.3 Å². The zero-order valence-corrected chi connectivity index (χ0v) is 54.6. The van der Waals surface area contributed by atoms with Crippen LogP contribution in [0, 0.1) is 0 Å². The van der Waals surface area contributed by atoms with Crippen LogP contribution in [0.1, 0.15) is 284 Å².